The summed E-state index contributed by atoms with van der Waals surface area (Å²) in [7, 11) is 0. The Balaban J connectivity index is 2.06. The van der Waals surface area contributed by atoms with Crippen molar-refractivity contribution in [2.75, 3.05) is 5.32 Å². The summed E-state index contributed by atoms with van der Waals surface area (Å²) in [6.45, 7) is 2.29. The van der Waals surface area contributed by atoms with Crippen LogP contribution < -0.4 is 5.32 Å². The van der Waals surface area contributed by atoms with Gasteiger partial charge in [0.25, 0.3) is 0 Å². The molecule has 1 aromatic rings. The van der Waals surface area contributed by atoms with Gasteiger partial charge in [-0.15, -0.1) is 0 Å². The van der Waals surface area contributed by atoms with E-state index in [9.17, 15) is 5.26 Å². The van der Waals surface area contributed by atoms with E-state index in [4.69, 9.17) is 0 Å². The van der Waals surface area contributed by atoms with Crippen LogP contribution in [-0.4, -0.2) is 6.04 Å². The monoisotopic (exact) mass is 306 g/mol. The molecular formula is C15H19BrN2. The predicted octanol–water partition coefficient (Wildman–Crippen LogP) is 4.58. The quantitative estimate of drug-likeness (QED) is 0.887. The molecule has 0 heterocycles. The zero-order chi connectivity index (χ0) is 13.0. The summed E-state index contributed by atoms with van der Waals surface area (Å²) in [6, 6.07) is 10.4. The SMILES string of the molecule is CC1CCCC(C(C#N)Nc2ccccc2Br)C1. The molecule has 0 amide bonds. The molecule has 1 aromatic carbocycles. The zero-order valence-corrected chi connectivity index (χ0v) is 12.3. The van der Waals surface area contributed by atoms with Crippen LogP contribution in [0.2, 0.25) is 0 Å². The number of nitrogens with zero attached hydrogens (tertiary/aromatic N) is 1. The summed E-state index contributed by atoms with van der Waals surface area (Å²) in [5.41, 5.74) is 1.02. The maximum absolute atomic E-state index is 9.39. The van der Waals surface area contributed by atoms with Crippen molar-refractivity contribution < 1.29 is 0 Å². The lowest BCUT2D eigenvalue weighted by Gasteiger charge is -2.30. The Labute approximate surface area is 118 Å². The van der Waals surface area contributed by atoms with Gasteiger partial charge in [0.1, 0.15) is 6.04 Å². The number of benzene rings is 1. The summed E-state index contributed by atoms with van der Waals surface area (Å²) in [5, 5.41) is 12.8. The number of nitriles is 1. The van der Waals surface area contributed by atoms with Crippen molar-refractivity contribution in [3.05, 3.63) is 28.7 Å². The highest BCUT2D eigenvalue weighted by atomic mass is 79.9. The highest BCUT2D eigenvalue weighted by Crippen LogP contribution is 2.32. The van der Waals surface area contributed by atoms with Crippen LogP contribution in [0.5, 0.6) is 0 Å². The summed E-state index contributed by atoms with van der Waals surface area (Å²) in [5.74, 6) is 1.23. The lowest BCUT2D eigenvalue weighted by molar-refractivity contribution is 0.274. The molecule has 0 bridgehead atoms. The molecule has 1 N–H and O–H groups in total. The van der Waals surface area contributed by atoms with Gasteiger partial charge in [-0.3, -0.25) is 0 Å². The fourth-order valence-electron chi connectivity index (χ4n) is 2.79. The van der Waals surface area contributed by atoms with E-state index >= 15 is 0 Å². The largest absolute Gasteiger partial charge is 0.369 e. The van der Waals surface area contributed by atoms with Gasteiger partial charge in [0.2, 0.25) is 0 Å². The van der Waals surface area contributed by atoms with Crippen LogP contribution in [0.1, 0.15) is 32.6 Å². The van der Waals surface area contributed by atoms with Gasteiger partial charge in [-0.25, -0.2) is 0 Å². The molecule has 2 rings (SSSR count). The van der Waals surface area contributed by atoms with Crippen LogP contribution in [0.15, 0.2) is 28.7 Å². The second-order valence-corrected chi connectivity index (χ2v) is 6.12. The Morgan fingerprint density at radius 2 is 2.17 bits per heavy atom. The number of nitrogens with one attached hydrogen (secondary N) is 1. The van der Waals surface area contributed by atoms with Crippen LogP contribution in [0.3, 0.4) is 0 Å². The number of halogens is 1. The second kappa shape index (κ2) is 6.24. The first-order valence-corrected chi connectivity index (χ1v) is 7.40. The Bertz CT molecular complexity index is 438. The molecule has 0 radical (unpaired) electrons. The van der Waals surface area contributed by atoms with Crippen molar-refractivity contribution in [3.8, 4) is 6.07 Å². The molecule has 2 nitrogen and oxygen atoms in total. The van der Waals surface area contributed by atoms with Crippen molar-refractivity contribution in [2.45, 2.75) is 38.6 Å². The molecule has 0 spiro atoms. The topological polar surface area (TPSA) is 35.8 Å². The highest BCUT2D eigenvalue weighted by molar-refractivity contribution is 9.10. The molecule has 96 valence electrons. The number of para-hydroxylation sites is 1. The average Bonchev–Trinajstić information content (AvgIpc) is 2.38. The molecule has 3 unspecified atom stereocenters. The van der Waals surface area contributed by atoms with Gasteiger partial charge < -0.3 is 5.32 Å². The Kier molecular flexibility index (Phi) is 4.66. The van der Waals surface area contributed by atoms with Crippen molar-refractivity contribution in [1.29, 1.82) is 5.26 Å². The van der Waals surface area contributed by atoms with Gasteiger partial charge >= 0.3 is 0 Å². The molecule has 0 saturated heterocycles. The fraction of sp³-hybridized carbons (Fsp3) is 0.533. The van der Waals surface area contributed by atoms with Gasteiger partial charge in [0.15, 0.2) is 0 Å². The first-order chi connectivity index (χ1) is 8.70. The van der Waals surface area contributed by atoms with Crippen molar-refractivity contribution >= 4 is 21.6 Å². The van der Waals surface area contributed by atoms with E-state index in [1.165, 1.54) is 19.3 Å². The molecule has 3 heteroatoms. The maximum atomic E-state index is 9.39. The molecule has 0 aromatic heterocycles. The van der Waals surface area contributed by atoms with Crippen LogP contribution in [-0.2, 0) is 0 Å². The standard InChI is InChI=1S/C15H19BrN2/c1-11-5-4-6-12(9-11)15(10-17)18-14-8-3-2-7-13(14)16/h2-3,7-8,11-12,15,18H,4-6,9H2,1H3. The van der Waals surface area contributed by atoms with Crippen LogP contribution in [0.25, 0.3) is 0 Å². The van der Waals surface area contributed by atoms with Gasteiger partial charge in [0, 0.05) is 10.2 Å². The van der Waals surface area contributed by atoms with E-state index in [0.29, 0.717) is 5.92 Å². The van der Waals surface area contributed by atoms with E-state index in [2.05, 4.69) is 34.2 Å². The van der Waals surface area contributed by atoms with E-state index in [0.717, 1.165) is 22.5 Å². The third-order valence-electron chi connectivity index (χ3n) is 3.77. The van der Waals surface area contributed by atoms with Gasteiger partial charge in [-0.2, -0.15) is 5.26 Å². The van der Waals surface area contributed by atoms with Crippen LogP contribution >= 0.6 is 15.9 Å². The molecule has 1 fully saturated rings. The van der Waals surface area contributed by atoms with E-state index in [-0.39, 0.29) is 6.04 Å². The van der Waals surface area contributed by atoms with Crippen molar-refractivity contribution in [2.24, 2.45) is 11.8 Å². The van der Waals surface area contributed by atoms with E-state index < -0.39 is 0 Å². The Hall–Kier alpha value is -1.01. The molecule has 3 atom stereocenters. The molecule has 0 aliphatic heterocycles. The maximum Gasteiger partial charge on any atom is 0.117 e. The summed E-state index contributed by atoms with van der Waals surface area (Å²) < 4.78 is 1.02. The van der Waals surface area contributed by atoms with Crippen molar-refractivity contribution in [1.82, 2.24) is 0 Å². The number of hydrogen-bond donors (Lipinski definition) is 1. The highest BCUT2D eigenvalue weighted by Gasteiger charge is 2.26. The number of rotatable bonds is 3. The summed E-state index contributed by atoms with van der Waals surface area (Å²) >= 11 is 3.52. The predicted molar refractivity (Wildman–Crippen MR) is 78.3 cm³/mol. The second-order valence-electron chi connectivity index (χ2n) is 5.26. The van der Waals surface area contributed by atoms with Crippen LogP contribution in [0.4, 0.5) is 5.69 Å². The normalized spacial score (nSPS) is 25.2. The lowest BCUT2D eigenvalue weighted by atomic mass is 9.79. The summed E-state index contributed by atoms with van der Waals surface area (Å²) in [6.07, 6.45) is 4.89. The minimum atomic E-state index is -0.0774. The number of hydrogen-bond acceptors (Lipinski definition) is 2. The Morgan fingerprint density at radius 3 is 2.83 bits per heavy atom. The van der Waals surface area contributed by atoms with E-state index in [1.807, 2.05) is 24.3 Å². The lowest BCUT2D eigenvalue weighted by Crippen LogP contribution is -2.31. The van der Waals surface area contributed by atoms with Gasteiger partial charge in [0.05, 0.1) is 6.07 Å². The first-order valence-electron chi connectivity index (χ1n) is 6.61. The smallest absolute Gasteiger partial charge is 0.117 e. The minimum absolute atomic E-state index is 0.0774. The fourth-order valence-corrected chi connectivity index (χ4v) is 3.18. The van der Waals surface area contributed by atoms with E-state index in [1.54, 1.807) is 0 Å². The minimum Gasteiger partial charge on any atom is -0.369 e. The third-order valence-corrected chi connectivity index (χ3v) is 4.46. The van der Waals surface area contributed by atoms with Crippen molar-refractivity contribution in [3.63, 3.8) is 0 Å². The summed E-state index contributed by atoms with van der Waals surface area (Å²) in [4.78, 5) is 0. The third kappa shape index (κ3) is 3.26. The molecule has 1 aliphatic rings. The molecular weight excluding hydrogens is 288 g/mol. The molecule has 1 saturated carbocycles. The van der Waals surface area contributed by atoms with Gasteiger partial charge in [-0.05, 0) is 52.7 Å². The Morgan fingerprint density at radius 1 is 1.39 bits per heavy atom. The number of anilines is 1. The van der Waals surface area contributed by atoms with Gasteiger partial charge in [-0.1, -0.05) is 31.9 Å². The molecule has 1 aliphatic carbocycles. The zero-order valence-electron chi connectivity index (χ0n) is 10.7. The average molecular weight is 307 g/mol. The first kappa shape index (κ1) is 13.4. The van der Waals surface area contributed by atoms with Crippen LogP contribution in [0, 0.1) is 23.2 Å². The molecule has 18 heavy (non-hydrogen) atoms.